The summed E-state index contributed by atoms with van der Waals surface area (Å²) in [5, 5.41) is 4.48. The topological polar surface area (TPSA) is 28.4 Å². The summed E-state index contributed by atoms with van der Waals surface area (Å²) in [5.74, 6) is 0. The van der Waals surface area contributed by atoms with Gasteiger partial charge in [-0.25, -0.2) is 0 Å². The van der Waals surface area contributed by atoms with Crippen molar-refractivity contribution in [1.82, 2.24) is 5.32 Å². The molecule has 0 amide bonds. The second kappa shape index (κ2) is 8.25. The fourth-order valence-electron chi connectivity index (χ4n) is 2.02. The van der Waals surface area contributed by atoms with Crippen molar-refractivity contribution in [3.05, 3.63) is 36.9 Å². The minimum atomic E-state index is 0. The van der Waals surface area contributed by atoms with Gasteiger partial charge in [0, 0.05) is 31.9 Å². The zero-order valence-electron chi connectivity index (χ0n) is 11.4. The molecule has 105 valence electrons. The Balaban J connectivity index is 0.000000416. The predicted molar refractivity (Wildman–Crippen MR) is 75.8 cm³/mol. The number of hydrogen-bond donors (Lipinski definition) is 1. The number of piperazine rings is 1. The van der Waals surface area contributed by atoms with Gasteiger partial charge in [-0.15, -0.1) is 11.5 Å². The van der Waals surface area contributed by atoms with Crippen molar-refractivity contribution in [2.75, 3.05) is 31.1 Å². The van der Waals surface area contributed by atoms with Gasteiger partial charge in [-0.2, -0.15) is 13.8 Å². The van der Waals surface area contributed by atoms with Crippen molar-refractivity contribution >= 4 is 16.7 Å². The SMILES string of the molecule is C[CH-]C.[Co+2].[c-]1cc2cc(N3CCNCC3)ccc2o1. The Morgan fingerprint density at radius 2 is 1.95 bits per heavy atom. The van der Waals surface area contributed by atoms with Crippen molar-refractivity contribution in [2.24, 2.45) is 0 Å². The Labute approximate surface area is 125 Å². The Morgan fingerprint density at radius 3 is 2.63 bits per heavy atom. The number of hydrogen-bond acceptors (Lipinski definition) is 3. The number of rotatable bonds is 1. The van der Waals surface area contributed by atoms with Gasteiger partial charge in [0.1, 0.15) is 0 Å². The van der Waals surface area contributed by atoms with Gasteiger partial charge in [0.15, 0.2) is 0 Å². The van der Waals surface area contributed by atoms with E-state index in [9.17, 15) is 0 Å². The van der Waals surface area contributed by atoms with Crippen LogP contribution in [0, 0.1) is 12.7 Å². The molecule has 0 saturated carbocycles. The summed E-state index contributed by atoms with van der Waals surface area (Å²) >= 11 is 0. The molecule has 0 bridgehead atoms. The van der Waals surface area contributed by atoms with E-state index in [1.54, 1.807) is 0 Å². The van der Waals surface area contributed by atoms with Crippen LogP contribution in [0.25, 0.3) is 11.0 Å². The molecule has 1 aliphatic heterocycles. The number of nitrogens with zero attached hydrogens (tertiary/aromatic N) is 1. The first-order chi connectivity index (χ1) is 8.85. The molecule has 2 heterocycles. The molecule has 1 fully saturated rings. The summed E-state index contributed by atoms with van der Waals surface area (Å²) < 4.78 is 5.20. The van der Waals surface area contributed by atoms with Crippen molar-refractivity contribution < 1.29 is 21.2 Å². The van der Waals surface area contributed by atoms with Crippen LogP contribution < -0.4 is 10.2 Å². The maximum Gasteiger partial charge on any atom is 2.00 e. The third-order valence-electron chi connectivity index (χ3n) is 2.86. The molecule has 1 aromatic carbocycles. The average molecular weight is 303 g/mol. The van der Waals surface area contributed by atoms with E-state index in [1.807, 2.05) is 32.4 Å². The van der Waals surface area contributed by atoms with Gasteiger partial charge >= 0.3 is 16.8 Å². The summed E-state index contributed by atoms with van der Waals surface area (Å²) in [6, 6.07) is 8.19. The van der Waals surface area contributed by atoms with Crippen LogP contribution in [-0.4, -0.2) is 26.2 Å². The van der Waals surface area contributed by atoms with E-state index in [4.69, 9.17) is 4.42 Å². The van der Waals surface area contributed by atoms with Crippen LogP contribution in [0.15, 0.2) is 28.7 Å². The first kappa shape index (κ1) is 16.1. The van der Waals surface area contributed by atoms with Crippen LogP contribution >= 0.6 is 0 Å². The smallest absolute Gasteiger partial charge is 0.591 e. The minimum absolute atomic E-state index is 0. The summed E-state index contributed by atoms with van der Waals surface area (Å²) in [4.78, 5) is 2.39. The third-order valence-corrected chi connectivity index (χ3v) is 2.86. The van der Waals surface area contributed by atoms with Crippen molar-refractivity contribution in [2.45, 2.75) is 13.8 Å². The van der Waals surface area contributed by atoms with Crippen LogP contribution in [0.1, 0.15) is 13.8 Å². The number of furan rings is 1. The van der Waals surface area contributed by atoms with Crippen LogP contribution in [0.3, 0.4) is 0 Å². The first-order valence-corrected chi connectivity index (χ1v) is 6.44. The maximum absolute atomic E-state index is 5.20. The Hall–Kier alpha value is -0.974. The Kier molecular flexibility index (Phi) is 6.98. The van der Waals surface area contributed by atoms with E-state index in [1.165, 1.54) is 5.69 Å². The normalized spacial score (nSPS) is 14.5. The van der Waals surface area contributed by atoms with E-state index in [2.05, 4.69) is 28.6 Å². The molecule has 0 atom stereocenters. The van der Waals surface area contributed by atoms with Gasteiger partial charge < -0.3 is 21.1 Å². The largest absolute Gasteiger partial charge is 2.00 e. The number of anilines is 1. The van der Waals surface area contributed by atoms with Gasteiger partial charge in [0.2, 0.25) is 0 Å². The maximum atomic E-state index is 5.20. The molecular formula is C15H20CoN2O. The summed E-state index contributed by atoms with van der Waals surface area (Å²) in [5.41, 5.74) is 2.19. The summed E-state index contributed by atoms with van der Waals surface area (Å²) in [6.07, 6.45) is 4.76. The van der Waals surface area contributed by atoms with Gasteiger partial charge in [-0.3, -0.25) is 0 Å². The zero-order chi connectivity index (χ0) is 12.8. The molecule has 0 spiro atoms. The van der Waals surface area contributed by atoms with E-state index in [0.717, 1.165) is 37.1 Å². The number of benzene rings is 1. The fraction of sp³-hybridized carbons (Fsp3) is 0.400. The number of fused-ring (bicyclic) bond motifs is 1. The van der Waals surface area contributed by atoms with Crippen LogP contribution in [0.4, 0.5) is 5.69 Å². The standard InChI is InChI=1S/C12H13N2O.C3H7.Co/c1-2-12-10(3-8-15-12)9-11(1)14-6-4-13-5-7-14;1-3-2;/h1-3,9,13H,4-7H2;3H,1-2H3;/q2*-1;+2. The molecule has 1 aromatic heterocycles. The van der Waals surface area contributed by atoms with E-state index in [0.29, 0.717) is 0 Å². The van der Waals surface area contributed by atoms with Crippen molar-refractivity contribution in [3.63, 3.8) is 0 Å². The van der Waals surface area contributed by atoms with Gasteiger partial charge in [0.05, 0.1) is 0 Å². The fourth-order valence-corrected chi connectivity index (χ4v) is 2.02. The second-order valence-corrected chi connectivity index (χ2v) is 4.40. The molecule has 0 unspecified atom stereocenters. The molecule has 1 radical (unpaired) electrons. The zero-order valence-corrected chi connectivity index (χ0v) is 12.4. The monoisotopic (exact) mass is 303 g/mol. The molecule has 19 heavy (non-hydrogen) atoms. The molecule has 1 saturated heterocycles. The molecule has 0 aliphatic carbocycles. The molecule has 3 rings (SSSR count). The summed E-state index contributed by atoms with van der Waals surface area (Å²) in [7, 11) is 0. The quantitative estimate of drug-likeness (QED) is 0.821. The van der Waals surface area contributed by atoms with E-state index < -0.39 is 0 Å². The van der Waals surface area contributed by atoms with Crippen molar-refractivity contribution in [1.29, 1.82) is 0 Å². The third kappa shape index (κ3) is 4.26. The molecule has 4 heteroatoms. The molecular weight excluding hydrogens is 283 g/mol. The van der Waals surface area contributed by atoms with Gasteiger partial charge in [-0.05, 0) is 17.9 Å². The second-order valence-electron chi connectivity index (χ2n) is 4.40. The minimum Gasteiger partial charge on any atom is -0.591 e. The van der Waals surface area contributed by atoms with Gasteiger partial charge in [-0.1, -0.05) is 12.1 Å². The van der Waals surface area contributed by atoms with E-state index >= 15 is 0 Å². The first-order valence-electron chi connectivity index (χ1n) is 6.44. The van der Waals surface area contributed by atoms with E-state index in [-0.39, 0.29) is 16.8 Å². The predicted octanol–water partition coefficient (Wildman–Crippen LogP) is 2.87. The Bertz CT molecular complexity index is 478. The average Bonchev–Trinajstić information content (AvgIpc) is 2.88. The number of nitrogens with one attached hydrogen (secondary N) is 1. The van der Waals surface area contributed by atoms with Gasteiger partial charge in [0.25, 0.3) is 0 Å². The molecule has 1 aliphatic rings. The summed E-state index contributed by atoms with van der Waals surface area (Å²) in [6.45, 7) is 8.28. The molecule has 3 nitrogen and oxygen atoms in total. The van der Waals surface area contributed by atoms with Crippen LogP contribution in [0.5, 0.6) is 0 Å². The molecule has 1 N–H and O–H groups in total. The van der Waals surface area contributed by atoms with Crippen molar-refractivity contribution in [3.8, 4) is 0 Å². The molecule has 2 aromatic rings. The Morgan fingerprint density at radius 1 is 1.26 bits per heavy atom. The van der Waals surface area contributed by atoms with Crippen LogP contribution in [-0.2, 0) is 16.8 Å². The van der Waals surface area contributed by atoms with Crippen LogP contribution in [0.2, 0.25) is 0 Å².